The highest BCUT2D eigenvalue weighted by atomic mass is 19.4. The number of fused-ring (bicyclic) bond motifs is 3. The second-order valence-electron chi connectivity index (χ2n) is 6.14. The van der Waals surface area contributed by atoms with Crippen LogP contribution in [0.15, 0.2) is 66.7 Å². The highest BCUT2D eigenvalue weighted by Crippen LogP contribution is 2.55. The fraction of sp³-hybridized carbons (Fsp3) is 0.100. The number of anilines is 1. The first-order valence-corrected chi connectivity index (χ1v) is 7.72. The van der Waals surface area contributed by atoms with Crippen molar-refractivity contribution in [2.24, 2.45) is 0 Å². The lowest BCUT2D eigenvalue weighted by Crippen LogP contribution is -2.41. The number of nitrogens with two attached hydrogens (primary N) is 1. The van der Waals surface area contributed by atoms with Gasteiger partial charge in [-0.1, -0.05) is 48.5 Å². The molecule has 3 N–H and O–H groups in total. The Labute approximate surface area is 142 Å². The fourth-order valence-corrected chi connectivity index (χ4v) is 3.42. The van der Waals surface area contributed by atoms with Crippen LogP contribution < -0.4 is 5.73 Å². The summed E-state index contributed by atoms with van der Waals surface area (Å²) in [5.41, 5.74) is 5.08. The Kier molecular flexibility index (Phi) is 3.21. The molecule has 0 radical (unpaired) electrons. The molecule has 0 bridgehead atoms. The molecule has 2 nitrogen and oxygen atoms in total. The van der Waals surface area contributed by atoms with E-state index in [4.69, 9.17) is 5.73 Å². The highest BCUT2D eigenvalue weighted by molar-refractivity contribution is 5.83. The number of rotatable bonds is 1. The van der Waals surface area contributed by atoms with Gasteiger partial charge >= 0.3 is 6.18 Å². The van der Waals surface area contributed by atoms with Gasteiger partial charge in [-0.3, -0.25) is 0 Å². The second-order valence-corrected chi connectivity index (χ2v) is 6.14. The van der Waals surface area contributed by atoms with Crippen molar-refractivity contribution in [1.29, 1.82) is 0 Å². The zero-order chi connectivity index (χ0) is 17.8. The number of hydrogen-bond donors (Lipinski definition) is 2. The van der Waals surface area contributed by atoms with Crippen LogP contribution in [0.4, 0.5) is 18.9 Å². The maximum atomic E-state index is 13.8. The minimum Gasteiger partial charge on any atom is -0.399 e. The molecule has 3 aromatic carbocycles. The Hall–Kier alpha value is -2.79. The minimum atomic E-state index is -4.83. The van der Waals surface area contributed by atoms with Gasteiger partial charge in [0.05, 0.1) is 0 Å². The van der Waals surface area contributed by atoms with Crippen LogP contribution in [0.3, 0.4) is 0 Å². The third-order valence-corrected chi connectivity index (χ3v) is 4.67. The Balaban J connectivity index is 1.97. The quantitative estimate of drug-likeness (QED) is 0.630. The summed E-state index contributed by atoms with van der Waals surface area (Å²) in [5.74, 6) is 0. The fourth-order valence-electron chi connectivity index (χ4n) is 3.42. The first kappa shape index (κ1) is 15.7. The van der Waals surface area contributed by atoms with E-state index in [0.717, 1.165) is 5.56 Å². The second kappa shape index (κ2) is 5.10. The molecule has 1 unspecified atom stereocenters. The topological polar surface area (TPSA) is 46.2 Å². The van der Waals surface area contributed by atoms with Crippen LogP contribution in [0.1, 0.15) is 11.1 Å². The lowest BCUT2D eigenvalue weighted by molar-refractivity contribution is -0.246. The number of nitrogen functional groups attached to an aromatic ring is 1. The van der Waals surface area contributed by atoms with Crippen molar-refractivity contribution < 1.29 is 18.3 Å². The van der Waals surface area contributed by atoms with Gasteiger partial charge in [0.25, 0.3) is 0 Å². The third kappa shape index (κ3) is 2.16. The molecular formula is C20H14F3NO. The van der Waals surface area contributed by atoms with E-state index >= 15 is 0 Å². The summed E-state index contributed by atoms with van der Waals surface area (Å²) in [7, 11) is 0. The molecular weight excluding hydrogens is 327 g/mol. The average Bonchev–Trinajstić information content (AvgIpc) is 2.86. The molecule has 0 saturated carbocycles. The number of aliphatic hydroxyl groups is 1. The van der Waals surface area contributed by atoms with Crippen LogP contribution in [0.2, 0.25) is 0 Å². The standard InChI is InChI=1S/C20H14F3NO/c21-20(22,23)19(25)17-4-2-1-3-15(17)16-10-7-13(11-18(16)19)12-5-8-14(24)9-6-12/h1-11,25H,24H2. The first-order valence-electron chi connectivity index (χ1n) is 7.72. The van der Waals surface area contributed by atoms with E-state index < -0.39 is 11.8 Å². The maximum absolute atomic E-state index is 13.8. The van der Waals surface area contributed by atoms with Gasteiger partial charge in [-0.05, 0) is 40.5 Å². The molecule has 25 heavy (non-hydrogen) atoms. The summed E-state index contributed by atoms with van der Waals surface area (Å²) in [6.45, 7) is 0. The van der Waals surface area contributed by atoms with Crippen molar-refractivity contribution in [2.45, 2.75) is 11.8 Å². The summed E-state index contributed by atoms with van der Waals surface area (Å²) in [6, 6.07) is 17.7. The van der Waals surface area contributed by atoms with E-state index in [2.05, 4.69) is 0 Å². The zero-order valence-corrected chi connectivity index (χ0v) is 13.0. The predicted octanol–water partition coefficient (Wildman–Crippen LogP) is 4.71. The summed E-state index contributed by atoms with van der Waals surface area (Å²) in [4.78, 5) is 0. The minimum absolute atomic E-state index is 0.132. The molecule has 0 aromatic heterocycles. The van der Waals surface area contributed by atoms with Crippen molar-refractivity contribution in [3.8, 4) is 22.3 Å². The van der Waals surface area contributed by atoms with Crippen LogP contribution in [-0.2, 0) is 5.60 Å². The Morgan fingerprint density at radius 3 is 2.04 bits per heavy atom. The Bertz CT molecular complexity index is 963. The molecule has 0 heterocycles. The van der Waals surface area contributed by atoms with E-state index in [0.29, 0.717) is 22.4 Å². The summed E-state index contributed by atoms with van der Waals surface area (Å²) in [6.07, 6.45) is -4.83. The molecule has 1 aliphatic carbocycles. The zero-order valence-electron chi connectivity index (χ0n) is 13.0. The number of alkyl halides is 3. The SMILES string of the molecule is Nc1ccc(-c2ccc3c(c2)C(O)(C(F)(F)F)c2ccccc2-3)cc1. The molecule has 0 amide bonds. The van der Waals surface area contributed by atoms with E-state index in [-0.39, 0.29) is 11.1 Å². The normalized spacial score (nSPS) is 18.7. The lowest BCUT2D eigenvalue weighted by atomic mass is 9.89. The molecule has 0 saturated heterocycles. The lowest BCUT2D eigenvalue weighted by Gasteiger charge is -2.28. The molecule has 0 spiro atoms. The average molecular weight is 341 g/mol. The Morgan fingerprint density at radius 2 is 1.36 bits per heavy atom. The van der Waals surface area contributed by atoms with Crippen molar-refractivity contribution in [1.82, 2.24) is 0 Å². The third-order valence-electron chi connectivity index (χ3n) is 4.67. The van der Waals surface area contributed by atoms with Gasteiger partial charge in [0, 0.05) is 16.8 Å². The maximum Gasteiger partial charge on any atom is 0.425 e. The van der Waals surface area contributed by atoms with Gasteiger partial charge in [0.1, 0.15) is 0 Å². The smallest absolute Gasteiger partial charge is 0.399 e. The van der Waals surface area contributed by atoms with Crippen molar-refractivity contribution in [3.63, 3.8) is 0 Å². The van der Waals surface area contributed by atoms with Gasteiger partial charge in [-0.15, -0.1) is 0 Å². The first-order chi connectivity index (χ1) is 11.8. The summed E-state index contributed by atoms with van der Waals surface area (Å²) in [5, 5.41) is 10.7. The van der Waals surface area contributed by atoms with E-state index in [1.807, 2.05) is 0 Å². The van der Waals surface area contributed by atoms with E-state index in [1.54, 1.807) is 48.5 Å². The molecule has 0 aliphatic heterocycles. The van der Waals surface area contributed by atoms with Crippen LogP contribution in [0.5, 0.6) is 0 Å². The van der Waals surface area contributed by atoms with Crippen LogP contribution >= 0.6 is 0 Å². The largest absolute Gasteiger partial charge is 0.425 e. The number of halogens is 3. The van der Waals surface area contributed by atoms with Crippen molar-refractivity contribution in [3.05, 3.63) is 77.9 Å². The molecule has 126 valence electrons. The van der Waals surface area contributed by atoms with E-state index in [1.165, 1.54) is 18.2 Å². The van der Waals surface area contributed by atoms with Gasteiger partial charge in [-0.2, -0.15) is 13.2 Å². The van der Waals surface area contributed by atoms with Crippen molar-refractivity contribution >= 4 is 5.69 Å². The van der Waals surface area contributed by atoms with Crippen LogP contribution in [-0.4, -0.2) is 11.3 Å². The number of benzene rings is 3. The molecule has 3 aromatic rings. The van der Waals surface area contributed by atoms with Gasteiger partial charge < -0.3 is 10.8 Å². The monoisotopic (exact) mass is 341 g/mol. The van der Waals surface area contributed by atoms with Gasteiger partial charge in [-0.25, -0.2) is 0 Å². The highest BCUT2D eigenvalue weighted by Gasteiger charge is 2.60. The van der Waals surface area contributed by atoms with Crippen LogP contribution in [0.25, 0.3) is 22.3 Å². The molecule has 5 heteroatoms. The van der Waals surface area contributed by atoms with Gasteiger partial charge in [0.15, 0.2) is 0 Å². The molecule has 1 atom stereocenters. The summed E-state index contributed by atoms with van der Waals surface area (Å²) >= 11 is 0. The van der Waals surface area contributed by atoms with Crippen molar-refractivity contribution in [2.75, 3.05) is 5.73 Å². The summed E-state index contributed by atoms with van der Waals surface area (Å²) < 4.78 is 41.5. The van der Waals surface area contributed by atoms with E-state index in [9.17, 15) is 18.3 Å². The van der Waals surface area contributed by atoms with Gasteiger partial charge in [0.2, 0.25) is 5.60 Å². The molecule has 1 aliphatic rings. The number of hydrogen-bond acceptors (Lipinski definition) is 2. The van der Waals surface area contributed by atoms with Crippen LogP contribution in [0, 0.1) is 0 Å². The Morgan fingerprint density at radius 1 is 0.760 bits per heavy atom. The molecule has 4 rings (SSSR count). The molecule has 0 fully saturated rings. The predicted molar refractivity (Wildman–Crippen MR) is 90.8 cm³/mol.